The second-order valence-corrected chi connectivity index (χ2v) is 5.86. The van der Waals surface area contributed by atoms with E-state index in [1.165, 1.54) is 12.3 Å². The second-order valence-electron chi connectivity index (χ2n) is 5.02. The van der Waals surface area contributed by atoms with Crippen LogP contribution in [-0.4, -0.2) is 20.9 Å². The molecule has 0 fully saturated rings. The number of hydrogen-bond acceptors (Lipinski definition) is 5. The Morgan fingerprint density at radius 3 is 2.68 bits per heavy atom. The van der Waals surface area contributed by atoms with E-state index >= 15 is 0 Å². The van der Waals surface area contributed by atoms with Crippen LogP contribution in [0.5, 0.6) is 0 Å². The Bertz CT molecular complexity index is 889. The van der Waals surface area contributed by atoms with Crippen LogP contribution in [0.3, 0.4) is 0 Å². The maximum Gasteiger partial charge on any atom is 0.270 e. The van der Waals surface area contributed by atoms with E-state index in [-0.39, 0.29) is 17.5 Å². The molecule has 126 valence electrons. The molecule has 3 rings (SSSR count). The first-order valence-corrected chi connectivity index (χ1v) is 8.10. The number of benzene rings is 1. The zero-order chi connectivity index (χ0) is 17.6. The van der Waals surface area contributed by atoms with Crippen LogP contribution in [0, 0.1) is 0 Å². The average Bonchev–Trinajstić information content (AvgIpc) is 2.63. The third-order valence-corrected chi connectivity index (χ3v) is 3.77. The minimum absolute atomic E-state index is 0.235. The molecule has 0 spiro atoms. The summed E-state index contributed by atoms with van der Waals surface area (Å²) in [4.78, 5) is 24.7. The molecule has 1 aromatic carbocycles. The topological polar surface area (TPSA) is 79.8 Å². The van der Waals surface area contributed by atoms with Crippen molar-refractivity contribution in [2.24, 2.45) is 0 Å². The van der Waals surface area contributed by atoms with Crippen molar-refractivity contribution in [3.05, 3.63) is 76.3 Å². The zero-order valence-electron chi connectivity index (χ0n) is 12.9. The first-order valence-electron chi connectivity index (χ1n) is 7.35. The van der Waals surface area contributed by atoms with Crippen molar-refractivity contribution in [3.8, 4) is 0 Å². The molecule has 2 N–H and O–H groups in total. The molecular formula is C17H13Cl2N5O. The Morgan fingerprint density at radius 2 is 1.92 bits per heavy atom. The zero-order valence-corrected chi connectivity index (χ0v) is 14.4. The molecule has 6 nitrogen and oxygen atoms in total. The normalized spacial score (nSPS) is 10.3. The van der Waals surface area contributed by atoms with Gasteiger partial charge in [-0.25, -0.2) is 9.97 Å². The molecule has 0 aliphatic rings. The van der Waals surface area contributed by atoms with Crippen molar-refractivity contribution >= 4 is 40.7 Å². The van der Waals surface area contributed by atoms with Gasteiger partial charge in [-0.15, -0.1) is 0 Å². The van der Waals surface area contributed by atoms with Crippen LogP contribution >= 0.6 is 23.2 Å². The van der Waals surface area contributed by atoms with Crippen molar-refractivity contribution in [2.45, 2.75) is 6.54 Å². The van der Waals surface area contributed by atoms with Gasteiger partial charge >= 0.3 is 0 Å². The van der Waals surface area contributed by atoms with Gasteiger partial charge in [0.2, 0.25) is 5.95 Å². The van der Waals surface area contributed by atoms with Gasteiger partial charge in [0.05, 0.1) is 22.9 Å². The first kappa shape index (κ1) is 17.1. The highest BCUT2D eigenvalue weighted by Crippen LogP contribution is 2.27. The van der Waals surface area contributed by atoms with E-state index in [4.69, 9.17) is 23.2 Å². The standard InChI is InChI=1S/C17H13Cl2N5O/c18-11-4-5-14(13(19)9-11)23-17-21-8-6-15(24-17)16(25)22-10-12-3-1-2-7-20-12/h1-9H,10H2,(H,22,25)(H,21,23,24). The van der Waals surface area contributed by atoms with E-state index in [9.17, 15) is 4.79 Å². The predicted octanol–water partition coefficient (Wildman–Crippen LogP) is 3.85. The minimum Gasteiger partial charge on any atom is -0.345 e. The fourth-order valence-corrected chi connectivity index (χ4v) is 2.48. The second kappa shape index (κ2) is 7.92. The van der Waals surface area contributed by atoms with Crippen LogP contribution in [0.1, 0.15) is 16.2 Å². The number of carbonyl (C=O) groups excluding carboxylic acids is 1. The van der Waals surface area contributed by atoms with Gasteiger partial charge in [0.1, 0.15) is 5.69 Å². The Morgan fingerprint density at radius 1 is 1.04 bits per heavy atom. The molecule has 0 saturated carbocycles. The summed E-state index contributed by atoms with van der Waals surface area (Å²) < 4.78 is 0. The predicted molar refractivity (Wildman–Crippen MR) is 97.2 cm³/mol. The SMILES string of the molecule is O=C(NCc1ccccn1)c1ccnc(Nc2ccc(Cl)cc2Cl)n1. The van der Waals surface area contributed by atoms with Crippen molar-refractivity contribution in [2.75, 3.05) is 5.32 Å². The van der Waals surface area contributed by atoms with Crippen LogP contribution in [0.25, 0.3) is 0 Å². The highest BCUT2D eigenvalue weighted by atomic mass is 35.5. The minimum atomic E-state index is -0.321. The molecule has 0 aliphatic heterocycles. The lowest BCUT2D eigenvalue weighted by Gasteiger charge is -2.08. The summed E-state index contributed by atoms with van der Waals surface area (Å²) in [7, 11) is 0. The molecule has 1 amide bonds. The van der Waals surface area contributed by atoms with Crippen LogP contribution in [0.2, 0.25) is 10.0 Å². The van der Waals surface area contributed by atoms with E-state index in [0.717, 1.165) is 5.69 Å². The number of nitrogens with one attached hydrogen (secondary N) is 2. The fourth-order valence-electron chi connectivity index (χ4n) is 2.02. The first-order chi connectivity index (χ1) is 12.1. The molecule has 3 aromatic rings. The van der Waals surface area contributed by atoms with E-state index in [1.54, 1.807) is 24.4 Å². The van der Waals surface area contributed by atoms with Crippen molar-refractivity contribution in [3.63, 3.8) is 0 Å². The maximum absolute atomic E-state index is 12.2. The van der Waals surface area contributed by atoms with Gasteiger partial charge in [-0.2, -0.15) is 0 Å². The van der Waals surface area contributed by atoms with E-state index in [2.05, 4.69) is 25.6 Å². The van der Waals surface area contributed by atoms with Gasteiger partial charge in [-0.3, -0.25) is 9.78 Å². The van der Waals surface area contributed by atoms with Crippen molar-refractivity contribution in [1.82, 2.24) is 20.3 Å². The molecule has 0 radical (unpaired) electrons. The third kappa shape index (κ3) is 4.65. The quantitative estimate of drug-likeness (QED) is 0.709. The molecule has 8 heteroatoms. The smallest absolute Gasteiger partial charge is 0.270 e. The Hall–Kier alpha value is -2.70. The number of carbonyl (C=O) groups is 1. The summed E-state index contributed by atoms with van der Waals surface area (Å²) in [6, 6.07) is 12.0. The number of halogens is 2. The lowest BCUT2D eigenvalue weighted by molar-refractivity contribution is 0.0945. The molecule has 0 saturated heterocycles. The molecule has 0 unspecified atom stereocenters. The van der Waals surface area contributed by atoms with Crippen LogP contribution in [-0.2, 0) is 6.54 Å². The number of nitrogens with zero attached hydrogens (tertiary/aromatic N) is 3. The lowest BCUT2D eigenvalue weighted by Crippen LogP contribution is -2.24. The number of amides is 1. The van der Waals surface area contributed by atoms with Gasteiger partial charge in [0, 0.05) is 17.4 Å². The number of aromatic nitrogens is 3. The lowest BCUT2D eigenvalue weighted by atomic mass is 10.3. The number of rotatable bonds is 5. The highest BCUT2D eigenvalue weighted by molar-refractivity contribution is 6.36. The molecule has 2 aromatic heterocycles. The molecule has 0 bridgehead atoms. The summed E-state index contributed by atoms with van der Waals surface area (Å²) in [6.07, 6.45) is 3.17. The summed E-state index contributed by atoms with van der Waals surface area (Å²) in [5.41, 5.74) is 1.59. The van der Waals surface area contributed by atoms with E-state index in [0.29, 0.717) is 22.3 Å². The molecule has 25 heavy (non-hydrogen) atoms. The average molecular weight is 374 g/mol. The fraction of sp³-hybridized carbons (Fsp3) is 0.0588. The van der Waals surface area contributed by atoms with Crippen molar-refractivity contribution < 1.29 is 4.79 Å². The Labute approximate surface area is 154 Å². The Kier molecular flexibility index (Phi) is 5.42. The van der Waals surface area contributed by atoms with Gasteiger partial charge in [-0.1, -0.05) is 29.3 Å². The van der Waals surface area contributed by atoms with E-state index < -0.39 is 0 Å². The summed E-state index contributed by atoms with van der Waals surface area (Å²) >= 11 is 12.0. The molecule has 0 aliphatic carbocycles. The summed E-state index contributed by atoms with van der Waals surface area (Å²) in [5, 5.41) is 6.68. The number of anilines is 2. The van der Waals surface area contributed by atoms with Gasteiger partial charge in [0.15, 0.2) is 0 Å². The number of hydrogen-bond donors (Lipinski definition) is 2. The summed E-state index contributed by atoms with van der Waals surface area (Å²) in [5.74, 6) is -0.0620. The van der Waals surface area contributed by atoms with Crippen molar-refractivity contribution in [1.29, 1.82) is 0 Å². The monoisotopic (exact) mass is 373 g/mol. The van der Waals surface area contributed by atoms with E-state index in [1.807, 2.05) is 18.2 Å². The van der Waals surface area contributed by atoms with Crippen LogP contribution in [0.15, 0.2) is 54.9 Å². The third-order valence-electron chi connectivity index (χ3n) is 3.22. The molecule has 0 atom stereocenters. The molecular weight excluding hydrogens is 361 g/mol. The highest BCUT2D eigenvalue weighted by Gasteiger charge is 2.10. The molecule has 2 heterocycles. The maximum atomic E-state index is 12.2. The summed E-state index contributed by atoms with van der Waals surface area (Å²) in [6.45, 7) is 0.315. The van der Waals surface area contributed by atoms with Crippen LogP contribution < -0.4 is 10.6 Å². The van der Waals surface area contributed by atoms with Gasteiger partial charge in [0.25, 0.3) is 5.91 Å². The Balaban J connectivity index is 1.69. The number of pyridine rings is 1. The largest absolute Gasteiger partial charge is 0.345 e. The van der Waals surface area contributed by atoms with Gasteiger partial charge < -0.3 is 10.6 Å². The van der Waals surface area contributed by atoms with Crippen LogP contribution in [0.4, 0.5) is 11.6 Å². The van der Waals surface area contributed by atoms with Gasteiger partial charge in [-0.05, 0) is 36.4 Å².